The average Bonchev–Trinajstić information content (AvgIpc) is 2.15. The number of hydrogen-bond donors (Lipinski definition) is 2. The molecular weight excluding hydrogens is 190 g/mol. The average molecular weight is 207 g/mol. The van der Waals surface area contributed by atoms with Crippen LogP contribution in [0.1, 0.15) is 19.4 Å². The number of anilines is 1. The quantitative estimate of drug-likeness (QED) is 0.797. The number of aryl methyl sites for hydroxylation is 1. The second-order valence-corrected chi connectivity index (χ2v) is 4.41. The van der Waals surface area contributed by atoms with E-state index < -0.39 is 11.4 Å². The molecule has 0 spiro atoms. The summed E-state index contributed by atoms with van der Waals surface area (Å²) in [7, 11) is 0. The van der Waals surface area contributed by atoms with Gasteiger partial charge in [-0.3, -0.25) is 4.79 Å². The fourth-order valence-corrected chi connectivity index (χ4v) is 1.15. The first kappa shape index (κ1) is 11.6. The summed E-state index contributed by atoms with van der Waals surface area (Å²) in [5.74, 6) is -0.789. The molecule has 3 heteroatoms. The maximum absolute atomic E-state index is 10.9. The number of aliphatic carboxylic acids is 1. The summed E-state index contributed by atoms with van der Waals surface area (Å²) in [4.78, 5) is 10.9. The summed E-state index contributed by atoms with van der Waals surface area (Å²) in [6.45, 7) is 5.84. The Hall–Kier alpha value is -1.51. The lowest BCUT2D eigenvalue weighted by atomic mass is 9.94. The largest absolute Gasteiger partial charge is 0.481 e. The van der Waals surface area contributed by atoms with Crippen LogP contribution in [-0.4, -0.2) is 17.6 Å². The van der Waals surface area contributed by atoms with Gasteiger partial charge in [-0.1, -0.05) is 12.1 Å². The lowest BCUT2D eigenvalue weighted by Gasteiger charge is -2.20. The van der Waals surface area contributed by atoms with E-state index in [1.807, 2.05) is 31.2 Å². The Morgan fingerprint density at radius 1 is 1.47 bits per heavy atom. The minimum Gasteiger partial charge on any atom is -0.481 e. The van der Waals surface area contributed by atoms with Crippen molar-refractivity contribution in [3.63, 3.8) is 0 Å². The Labute approximate surface area is 90.1 Å². The number of benzene rings is 1. The molecule has 0 atom stereocenters. The van der Waals surface area contributed by atoms with E-state index in [-0.39, 0.29) is 0 Å². The Kier molecular flexibility index (Phi) is 3.35. The van der Waals surface area contributed by atoms with Gasteiger partial charge in [-0.15, -0.1) is 0 Å². The minimum atomic E-state index is -0.789. The Morgan fingerprint density at radius 2 is 2.13 bits per heavy atom. The molecule has 0 bridgehead atoms. The van der Waals surface area contributed by atoms with E-state index in [9.17, 15) is 4.79 Å². The van der Waals surface area contributed by atoms with Gasteiger partial charge in [0.25, 0.3) is 0 Å². The molecule has 3 nitrogen and oxygen atoms in total. The summed E-state index contributed by atoms with van der Waals surface area (Å²) in [5.41, 5.74) is 1.38. The fraction of sp³-hybridized carbons (Fsp3) is 0.417. The Balaban J connectivity index is 2.61. The van der Waals surface area contributed by atoms with Gasteiger partial charge in [0.1, 0.15) is 0 Å². The molecule has 0 heterocycles. The summed E-state index contributed by atoms with van der Waals surface area (Å²) in [6, 6.07) is 7.89. The first-order valence-corrected chi connectivity index (χ1v) is 4.96. The third-order valence-electron chi connectivity index (χ3n) is 2.33. The smallest absolute Gasteiger partial charge is 0.310 e. The van der Waals surface area contributed by atoms with E-state index in [4.69, 9.17) is 5.11 Å². The zero-order chi connectivity index (χ0) is 11.5. The van der Waals surface area contributed by atoms with Crippen LogP contribution in [-0.2, 0) is 4.79 Å². The zero-order valence-electron chi connectivity index (χ0n) is 9.37. The van der Waals surface area contributed by atoms with Crippen molar-refractivity contribution in [1.29, 1.82) is 0 Å². The molecule has 0 aliphatic rings. The van der Waals surface area contributed by atoms with Gasteiger partial charge in [0, 0.05) is 12.2 Å². The van der Waals surface area contributed by atoms with Gasteiger partial charge in [0.2, 0.25) is 0 Å². The molecule has 0 saturated carbocycles. The SMILES string of the molecule is Cc1cccc(NCC(C)(C)C(=O)O)c1. The third-order valence-corrected chi connectivity index (χ3v) is 2.33. The first-order chi connectivity index (χ1) is 6.92. The fourth-order valence-electron chi connectivity index (χ4n) is 1.15. The van der Waals surface area contributed by atoms with Crippen molar-refractivity contribution in [2.24, 2.45) is 5.41 Å². The zero-order valence-corrected chi connectivity index (χ0v) is 9.37. The highest BCUT2D eigenvalue weighted by atomic mass is 16.4. The molecule has 0 saturated heterocycles. The van der Waals surface area contributed by atoms with Gasteiger partial charge in [-0.25, -0.2) is 0 Å². The predicted molar refractivity (Wildman–Crippen MR) is 61.1 cm³/mol. The van der Waals surface area contributed by atoms with Crippen LogP contribution in [0.4, 0.5) is 5.69 Å². The summed E-state index contributed by atoms with van der Waals surface area (Å²) in [6.07, 6.45) is 0. The van der Waals surface area contributed by atoms with E-state index in [1.165, 1.54) is 0 Å². The minimum absolute atomic E-state index is 0.422. The number of nitrogens with one attached hydrogen (secondary N) is 1. The Bertz CT molecular complexity index is 358. The molecule has 1 aromatic rings. The second kappa shape index (κ2) is 4.34. The molecule has 15 heavy (non-hydrogen) atoms. The highest BCUT2D eigenvalue weighted by Crippen LogP contribution is 2.17. The van der Waals surface area contributed by atoms with E-state index in [0.717, 1.165) is 11.3 Å². The topological polar surface area (TPSA) is 49.3 Å². The molecular formula is C12H17NO2. The predicted octanol–water partition coefficient (Wildman–Crippen LogP) is 2.52. The van der Waals surface area contributed by atoms with E-state index in [2.05, 4.69) is 5.32 Å². The van der Waals surface area contributed by atoms with Crippen molar-refractivity contribution < 1.29 is 9.90 Å². The highest BCUT2D eigenvalue weighted by molar-refractivity contribution is 5.74. The molecule has 0 radical (unpaired) electrons. The maximum Gasteiger partial charge on any atom is 0.310 e. The van der Waals surface area contributed by atoms with Crippen LogP contribution in [0.5, 0.6) is 0 Å². The molecule has 1 rings (SSSR count). The standard InChI is InChI=1S/C12H17NO2/c1-9-5-4-6-10(7-9)13-8-12(2,3)11(14)15/h4-7,13H,8H2,1-3H3,(H,14,15). The van der Waals surface area contributed by atoms with Crippen molar-refractivity contribution in [2.75, 3.05) is 11.9 Å². The van der Waals surface area contributed by atoms with Crippen LogP contribution < -0.4 is 5.32 Å². The normalized spacial score (nSPS) is 11.1. The van der Waals surface area contributed by atoms with Gasteiger partial charge in [-0.2, -0.15) is 0 Å². The third kappa shape index (κ3) is 3.27. The van der Waals surface area contributed by atoms with Crippen molar-refractivity contribution in [1.82, 2.24) is 0 Å². The number of carboxylic acid groups (broad SMARTS) is 1. The number of rotatable bonds is 4. The number of carbonyl (C=O) groups is 1. The summed E-state index contributed by atoms with van der Waals surface area (Å²) < 4.78 is 0. The second-order valence-electron chi connectivity index (χ2n) is 4.41. The van der Waals surface area contributed by atoms with Gasteiger partial charge < -0.3 is 10.4 Å². The van der Waals surface area contributed by atoms with Crippen LogP contribution in [0, 0.1) is 12.3 Å². The van der Waals surface area contributed by atoms with Crippen molar-refractivity contribution in [2.45, 2.75) is 20.8 Å². The van der Waals surface area contributed by atoms with E-state index >= 15 is 0 Å². The van der Waals surface area contributed by atoms with Crippen molar-refractivity contribution in [3.05, 3.63) is 29.8 Å². The van der Waals surface area contributed by atoms with Gasteiger partial charge >= 0.3 is 5.97 Å². The molecule has 0 amide bonds. The van der Waals surface area contributed by atoms with Gasteiger partial charge in [0.15, 0.2) is 0 Å². The lowest BCUT2D eigenvalue weighted by molar-refractivity contribution is -0.146. The molecule has 0 fully saturated rings. The van der Waals surface area contributed by atoms with Crippen LogP contribution in [0.2, 0.25) is 0 Å². The maximum atomic E-state index is 10.9. The molecule has 0 aliphatic heterocycles. The van der Waals surface area contributed by atoms with Gasteiger partial charge in [0.05, 0.1) is 5.41 Å². The summed E-state index contributed by atoms with van der Waals surface area (Å²) in [5, 5.41) is 12.1. The number of hydrogen-bond acceptors (Lipinski definition) is 2. The van der Waals surface area contributed by atoms with E-state index in [0.29, 0.717) is 6.54 Å². The Morgan fingerprint density at radius 3 is 2.67 bits per heavy atom. The van der Waals surface area contributed by atoms with Crippen LogP contribution in [0.15, 0.2) is 24.3 Å². The molecule has 2 N–H and O–H groups in total. The van der Waals surface area contributed by atoms with Crippen molar-refractivity contribution in [3.8, 4) is 0 Å². The number of carboxylic acids is 1. The summed E-state index contributed by atoms with van der Waals surface area (Å²) >= 11 is 0. The molecule has 0 aliphatic carbocycles. The highest BCUT2D eigenvalue weighted by Gasteiger charge is 2.26. The van der Waals surface area contributed by atoms with E-state index in [1.54, 1.807) is 13.8 Å². The first-order valence-electron chi connectivity index (χ1n) is 4.96. The van der Waals surface area contributed by atoms with Crippen LogP contribution in [0.25, 0.3) is 0 Å². The lowest BCUT2D eigenvalue weighted by Crippen LogP contribution is -2.31. The van der Waals surface area contributed by atoms with Crippen LogP contribution >= 0.6 is 0 Å². The molecule has 0 aromatic heterocycles. The van der Waals surface area contributed by atoms with Crippen LogP contribution in [0.3, 0.4) is 0 Å². The molecule has 1 aromatic carbocycles. The monoisotopic (exact) mass is 207 g/mol. The van der Waals surface area contributed by atoms with Gasteiger partial charge in [-0.05, 0) is 38.5 Å². The van der Waals surface area contributed by atoms with Crippen molar-refractivity contribution >= 4 is 11.7 Å². The molecule has 0 unspecified atom stereocenters. The molecule has 82 valence electrons.